The van der Waals surface area contributed by atoms with Gasteiger partial charge in [-0.1, -0.05) is 40.9 Å². The van der Waals surface area contributed by atoms with Crippen LogP contribution in [0.4, 0.5) is 19.3 Å². The van der Waals surface area contributed by atoms with Crippen LogP contribution in [0.3, 0.4) is 0 Å². The molecule has 0 spiro atoms. The van der Waals surface area contributed by atoms with Gasteiger partial charge in [-0.25, -0.2) is 13.6 Å². The maximum atomic E-state index is 13.8. The van der Waals surface area contributed by atoms with Crippen LogP contribution in [-0.4, -0.2) is 11.9 Å². The summed E-state index contributed by atoms with van der Waals surface area (Å²) >= 11 is 18.9. The lowest BCUT2D eigenvalue weighted by Gasteiger charge is -2.17. The first-order chi connectivity index (χ1) is 15.5. The minimum Gasteiger partial charge on any atom is -0.454 e. The number of carbonyl (C=O) groups is 2. The molecule has 0 fully saturated rings. The van der Waals surface area contributed by atoms with E-state index in [1.807, 2.05) is 5.32 Å². The van der Waals surface area contributed by atoms with Gasteiger partial charge in [0, 0.05) is 16.8 Å². The van der Waals surface area contributed by atoms with E-state index in [1.165, 1.54) is 0 Å². The van der Waals surface area contributed by atoms with Crippen molar-refractivity contribution in [1.29, 1.82) is 0 Å². The number of anilines is 1. The number of amides is 3. The zero-order valence-electron chi connectivity index (χ0n) is 17.6. The fourth-order valence-electron chi connectivity index (χ4n) is 2.96. The third kappa shape index (κ3) is 5.38. The summed E-state index contributed by atoms with van der Waals surface area (Å²) in [6.45, 7) is 5.11. The van der Waals surface area contributed by atoms with Gasteiger partial charge in [0.1, 0.15) is 28.7 Å². The Labute approximate surface area is 203 Å². The van der Waals surface area contributed by atoms with Gasteiger partial charge < -0.3 is 10.1 Å². The molecule has 0 aliphatic carbocycles. The molecule has 0 heterocycles. The third-order valence-electron chi connectivity index (χ3n) is 4.74. The van der Waals surface area contributed by atoms with Gasteiger partial charge in [-0.05, 0) is 61.7 Å². The predicted molar refractivity (Wildman–Crippen MR) is 125 cm³/mol. The number of rotatable bonds is 4. The number of nitrogens with one attached hydrogen (secondary N) is 2. The molecule has 0 unspecified atom stereocenters. The van der Waals surface area contributed by atoms with Crippen molar-refractivity contribution in [2.75, 3.05) is 5.32 Å². The zero-order valence-corrected chi connectivity index (χ0v) is 19.8. The summed E-state index contributed by atoms with van der Waals surface area (Å²) in [7, 11) is 0. The van der Waals surface area contributed by atoms with Crippen LogP contribution in [0.1, 0.15) is 27.0 Å². The van der Waals surface area contributed by atoms with Crippen molar-refractivity contribution in [2.45, 2.75) is 20.8 Å². The molecular weight excluding hydrogens is 497 g/mol. The molecule has 0 aliphatic heterocycles. The number of carbonyl (C=O) groups excluding carboxylic acids is 2. The van der Waals surface area contributed by atoms with Crippen LogP contribution in [0.25, 0.3) is 0 Å². The number of hydrogen-bond donors (Lipinski definition) is 2. The fraction of sp³-hybridized carbons (Fsp3) is 0.130. The molecule has 3 rings (SSSR count). The van der Waals surface area contributed by atoms with Gasteiger partial charge >= 0.3 is 6.03 Å². The highest BCUT2D eigenvalue weighted by Gasteiger charge is 2.21. The number of aryl methyl sites for hydroxylation is 2. The number of urea groups is 1. The smallest absolute Gasteiger partial charge is 0.326 e. The van der Waals surface area contributed by atoms with Crippen molar-refractivity contribution < 1.29 is 23.1 Å². The molecule has 3 aromatic rings. The predicted octanol–water partition coefficient (Wildman–Crippen LogP) is 7.60. The molecule has 0 aromatic heterocycles. The molecule has 33 heavy (non-hydrogen) atoms. The normalized spacial score (nSPS) is 10.7. The maximum Gasteiger partial charge on any atom is 0.326 e. The molecule has 0 bridgehead atoms. The van der Waals surface area contributed by atoms with Gasteiger partial charge in [0.2, 0.25) is 0 Å². The topological polar surface area (TPSA) is 67.4 Å². The molecule has 10 heteroatoms. The van der Waals surface area contributed by atoms with Gasteiger partial charge in [-0.2, -0.15) is 0 Å². The summed E-state index contributed by atoms with van der Waals surface area (Å²) in [5, 5.41) is 5.32. The van der Waals surface area contributed by atoms with Crippen molar-refractivity contribution in [1.82, 2.24) is 5.32 Å². The minimum absolute atomic E-state index is 0.185. The lowest BCUT2D eigenvalue weighted by molar-refractivity contribution is 0.0959. The minimum atomic E-state index is -1.23. The largest absolute Gasteiger partial charge is 0.454 e. The quantitative estimate of drug-likeness (QED) is 0.377. The molecule has 172 valence electrons. The fourth-order valence-corrected chi connectivity index (χ4v) is 3.66. The van der Waals surface area contributed by atoms with Gasteiger partial charge in [-0.3, -0.25) is 10.1 Å². The Hall–Kier alpha value is -2.87. The number of ether oxygens (including phenoxy) is 1. The Morgan fingerprint density at radius 3 is 2.18 bits per heavy atom. The highest BCUT2D eigenvalue weighted by molar-refractivity contribution is 6.35. The second-order valence-corrected chi connectivity index (χ2v) is 8.34. The zero-order chi connectivity index (χ0) is 24.4. The van der Waals surface area contributed by atoms with E-state index in [0.717, 1.165) is 23.8 Å². The summed E-state index contributed by atoms with van der Waals surface area (Å²) in [6, 6.07) is 6.72. The second-order valence-electron chi connectivity index (χ2n) is 7.15. The van der Waals surface area contributed by atoms with Crippen molar-refractivity contribution in [3.05, 3.63) is 85.4 Å². The highest BCUT2D eigenvalue weighted by Crippen LogP contribution is 2.41. The third-order valence-corrected chi connectivity index (χ3v) is 5.90. The Morgan fingerprint density at radius 2 is 1.55 bits per heavy atom. The van der Waals surface area contributed by atoms with E-state index in [1.54, 1.807) is 39.0 Å². The molecule has 3 amide bonds. The van der Waals surface area contributed by atoms with Gasteiger partial charge in [-0.15, -0.1) is 0 Å². The van der Waals surface area contributed by atoms with Gasteiger partial charge in [0.25, 0.3) is 5.91 Å². The van der Waals surface area contributed by atoms with E-state index in [4.69, 9.17) is 39.5 Å². The molecule has 3 aromatic carbocycles. The van der Waals surface area contributed by atoms with Crippen LogP contribution in [0.2, 0.25) is 15.1 Å². The lowest BCUT2D eigenvalue weighted by Crippen LogP contribution is -2.35. The number of benzene rings is 3. The SMILES string of the molecule is Cc1cc(Cl)c(Oc2c(C)cc(NC(=O)NC(=O)c3c(F)cccc3F)c(C)c2Cl)cc1Cl. The first kappa shape index (κ1) is 24.8. The molecular formula is C23H17Cl3F2N2O3. The monoisotopic (exact) mass is 512 g/mol. The van der Waals surface area contributed by atoms with E-state index >= 15 is 0 Å². The van der Waals surface area contributed by atoms with E-state index in [0.29, 0.717) is 32.7 Å². The number of hydrogen-bond acceptors (Lipinski definition) is 3. The van der Waals surface area contributed by atoms with Crippen LogP contribution >= 0.6 is 34.8 Å². The van der Waals surface area contributed by atoms with E-state index in [9.17, 15) is 18.4 Å². The molecule has 0 radical (unpaired) electrons. The summed E-state index contributed by atoms with van der Waals surface area (Å²) in [6.07, 6.45) is 0. The molecule has 0 saturated carbocycles. The Balaban J connectivity index is 1.82. The van der Waals surface area contributed by atoms with Crippen molar-refractivity contribution in [2.24, 2.45) is 0 Å². The van der Waals surface area contributed by atoms with Gasteiger partial charge in [0.05, 0.1) is 10.0 Å². The van der Waals surface area contributed by atoms with Gasteiger partial charge in [0.15, 0.2) is 0 Å². The Morgan fingerprint density at radius 1 is 0.909 bits per heavy atom. The van der Waals surface area contributed by atoms with E-state index < -0.39 is 29.1 Å². The van der Waals surface area contributed by atoms with Crippen LogP contribution in [0, 0.1) is 32.4 Å². The summed E-state index contributed by atoms with van der Waals surface area (Å²) in [5.41, 5.74) is 1.14. The van der Waals surface area contributed by atoms with Crippen molar-refractivity contribution in [3.8, 4) is 11.5 Å². The molecule has 2 N–H and O–H groups in total. The lowest BCUT2D eigenvalue weighted by atomic mass is 10.1. The molecule has 0 aliphatic rings. The number of imide groups is 1. The standard InChI is InChI=1S/C23H17Cl3F2N2O3/c1-10-7-14(25)18(9-13(10)24)33-21-11(2)8-17(12(3)20(21)26)29-23(32)30-22(31)19-15(27)5-4-6-16(19)28/h4-9H,1-3H3,(H2,29,30,31,32). The van der Waals surface area contributed by atoms with Crippen LogP contribution in [0.15, 0.2) is 36.4 Å². The van der Waals surface area contributed by atoms with Crippen molar-refractivity contribution in [3.63, 3.8) is 0 Å². The average molecular weight is 514 g/mol. The first-order valence-electron chi connectivity index (χ1n) is 9.49. The number of halogens is 5. The molecule has 0 saturated heterocycles. The first-order valence-corrected chi connectivity index (χ1v) is 10.6. The van der Waals surface area contributed by atoms with E-state index in [-0.39, 0.29) is 10.7 Å². The summed E-state index contributed by atoms with van der Waals surface area (Å²) < 4.78 is 33.4. The average Bonchev–Trinajstić information content (AvgIpc) is 2.72. The van der Waals surface area contributed by atoms with Crippen LogP contribution in [-0.2, 0) is 0 Å². The van der Waals surface area contributed by atoms with Crippen LogP contribution < -0.4 is 15.4 Å². The van der Waals surface area contributed by atoms with Crippen molar-refractivity contribution >= 4 is 52.4 Å². The molecule has 0 atom stereocenters. The van der Waals surface area contributed by atoms with Crippen LogP contribution in [0.5, 0.6) is 11.5 Å². The highest BCUT2D eigenvalue weighted by atomic mass is 35.5. The maximum absolute atomic E-state index is 13.8. The Bertz CT molecular complexity index is 1260. The van der Waals surface area contributed by atoms with E-state index in [2.05, 4.69) is 5.32 Å². The Kier molecular flexibility index (Phi) is 7.47. The summed E-state index contributed by atoms with van der Waals surface area (Å²) in [5.74, 6) is -2.81. The second kappa shape index (κ2) is 9.95. The summed E-state index contributed by atoms with van der Waals surface area (Å²) in [4.78, 5) is 24.4. The molecule has 5 nitrogen and oxygen atoms in total.